The number of nitrogens with zero attached hydrogens (tertiary/aromatic N) is 2. The summed E-state index contributed by atoms with van der Waals surface area (Å²) in [4.78, 5) is 18.0. The zero-order valence-electron chi connectivity index (χ0n) is 29.6. The molecule has 0 aliphatic carbocycles. The fourth-order valence-corrected chi connectivity index (χ4v) is 3.06. The van der Waals surface area contributed by atoms with Crippen molar-refractivity contribution in [3.63, 3.8) is 0 Å². The summed E-state index contributed by atoms with van der Waals surface area (Å²) in [6.45, 7) is 23.5. The van der Waals surface area contributed by atoms with Crippen LogP contribution in [0.5, 0.6) is 11.5 Å². The van der Waals surface area contributed by atoms with E-state index in [-0.39, 0.29) is 17.8 Å². The van der Waals surface area contributed by atoms with Crippen molar-refractivity contribution in [1.82, 2.24) is 15.5 Å². The van der Waals surface area contributed by atoms with E-state index in [1.807, 2.05) is 105 Å². The van der Waals surface area contributed by atoms with E-state index in [1.165, 1.54) is 11.6 Å². The second-order valence-electron chi connectivity index (χ2n) is 8.82. The number of aliphatic imine (C=N–C) groups is 1. The predicted octanol–water partition coefficient (Wildman–Crippen LogP) is 7.68. The van der Waals surface area contributed by atoms with Crippen molar-refractivity contribution in [3.8, 4) is 11.5 Å². The molecule has 0 aliphatic heterocycles. The molecule has 0 radical (unpaired) electrons. The van der Waals surface area contributed by atoms with E-state index in [0.717, 1.165) is 16.8 Å². The number of phenols is 1. The first-order valence-electron chi connectivity index (χ1n) is 15.0. The molecule has 0 aliphatic rings. The standard InChI is InChI=1S/C13H17FN2Xe.C13H20N2O3.C4H6.2C2H6.CH3NS/c1-10-5-7-12(8-6-10)13(9-16(3)4)15-11(2)17-14;1-9(2)18-12-5-4-10(8-11(12)16)13(17)15-7-6-14-3;1-3-4-2;2*1-2;2-1-3/h5-9H,1-4H3;4-5,8-9,14,16H,6-7H2,1-3H3,(H,15,17);3-4H,1-2H2;2*1-2H3;1H,(H2,2,3)/b13-9-,15-11?;;;;;. The number of halogens is 1. The van der Waals surface area contributed by atoms with Gasteiger partial charge in [-0.1, -0.05) is 65.2 Å². The Labute approximate surface area is 310 Å². The first-order valence-corrected chi connectivity index (χ1v) is 17.2. The van der Waals surface area contributed by atoms with Gasteiger partial charge in [-0.3, -0.25) is 4.79 Å². The van der Waals surface area contributed by atoms with Crippen LogP contribution in [0.1, 0.15) is 70.0 Å². The topological polar surface area (TPSA) is 112 Å². The summed E-state index contributed by atoms with van der Waals surface area (Å²) < 4.78 is 18.5. The van der Waals surface area contributed by atoms with Crippen LogP contribution in [0.15, 0.2) is 79.0 Å². The summed E-state index contributed by atoms with van der Waals surface area (Å²) in [5.74, 6) is 0.151. The molecule has 0 fully saturated rings. The molecule has 2 rings (SSSR count). The van der Waals surface area contributed by atoms with E-state index < -0.39 is 45.1 Å². The number of aryl methyl sites for hydroxylation is 1. The number of allylic oxidation sites excluding steroid dienone is 2. The fraction of sp³-hybridized carbons (Fsp3) is 0.400. The molecular weight excluding hydrogens is 721 g/mol. The van der Waals surface area contributed by atoms with E-state index in [0.29, 0.717) is 24.6 Å². The minimum absolute atomic E-state index is 0.0220. The zero-order chi connectivity index (χ0) is 36.5. The third-order valence-electron chi connectivity index (χ3n) is 4.51. The number of likely N-dealkylation sites (N-methyl/N-ethyl adjacent to an activating group) is 1. The number of thiocarbonyl (C=S) groups is 1. The third-order valence-corrected chi connectivity index (χ3v) is 5.28. The molecule has 5 N–H and O–H groups in total. The van der Waals surface area contributed by atoms with Crippen molar-refractivity contribution in [2.45, 2.75) is 61.5 Å². The summed E-state index contributed by atoms with van der Waals surface area (Å²) in [6.07, 6.45) is 5.16. The van der Waals surface area contributed by atoms with Gasteiger partial charge in [-0.25, -0.2) is 0 Å². The molecule has 0 spiro atoms. The number of nitrogens with two attached hydrogens (primary N) is 1. The molecule has 0 aromatic heterocycles. The molecule has 0 heterocycles. The summed E-state index contributed by atoms with van der Waals surface area (Å²) in [6, 6.07) is 12.7. The van der Waals surface area contributed by atoms with Crippen molar-refractivity contribution < 1.29 is 59.8 Å². The van der Waals surface area contributed by atoms with Crippen LogP contribution in [0.4, 0.5) is 0.0835 Å². The van der Waals surface area contributed by atoms with Gasteiger partial charge >= 0.3 is 130 Å². The number of carbonyl (C=O) groups is 1. The minimum atomic E-state index is -1.26. The van der Waals surface area contributed by atoms with E-state index in [1.54, 1.807) is 31.2 Å². The first kappa shape index (κ1) is 50.4. The summed E-state index contributed by atoms with van der Waals surface area (Å²) in [5.41, 5.74) is 9.06. The molecule has 11 heteroatoms. The number of hydrogen-bond acceptors (Lipinski definition) is 7. The van der Waals surface area contributed by atoms with Gasteiger partial charge in [0.15, 0.2) is 11.5 Å². The largest absolute Gasteiger partial charge is 0.504 e. The maximum absolute atomic E-state index is 12.6. The number of benzene rings is 2. The summed E-state index contributed by atoms with van der Waals surface area (Å²) >= 11 is 2.79. The van der Waals surface area contributed by atoms with E-state index in [4.69, 9.17) is 4.74 Å². The summed E-state index contributed by atoms with van der Waals surface area (Å²) in [5, 5.41) is 15.4. The Bertz CT molecular complexity index is 1140. The Morgan fingerprint density at radius 2 is 1.59 bits per heavy atom. The summed E-state index contributed by atoms with van der Waals surface area (Å²) in [7, 11) is 5.68. The molecule has 0 atom stereocenters. The molecule has 46 heavy (non-hydrogen) atoms. The second-order valence-corrected chi connectivity index (χ2v) is 10.9. The number of hydrogen-bond donors (Lipinski definition) is 4. The monoisotopic (exact) mass is 779 g/mol. The Balaban J connectivity index is -0.000000292. The van der Waals surface area contributed by atoms with Crippen molar-refractivity contribution in [3.05, 3.63) is 90.7 Å². The van der Waals surface area contributed by atoms with Crippen molar-refractivity contribution in [1.29, 1.82) is 0 Å². The van der Waals surface area contributed by atoms with Gasteiger partial charge in [-0.2, -0.15) is 0 Å². The maximum Gasteiger partial charge on any atom is 0.251 e. The van der Waals surface area contributed by atoms with Crippen LogP contribution in [0, 0.1) is 52.0 Å². The van der Waals surface area contributed by atoms with E-state index in [2.05, 4.69) is 46.7 Å². The Hall–Kier alpha value is -2.45. The minimum Gasteiger partial charge on any atom is -0.504 e. The third kappa shape index (κ3) is 29.0. The van der Waals surface area contributed by atoms with Gasteiger partial charge in [0.2, 0.25) is 0 Å². The van der Waals surface area contributed by atoms with Gasteiger partial charge in [0.05, 0.1) is 11.6 Å². The van der Waals surface area contributed by atoms with Crippen LogP contribution < -0.4 is 21.1 Å². The van der Waals surface area contributed by atoms with Crippen LogP contribution in [0.2, 0.25) is 0 Å². The Morgan fingerprint density at radius 3 is 1.98 bits per heavy atom. The Morgan fingerprint density at radius 1 is 1.09 bits per heavy atom. The average Bonchev–Trinajstić information content (AvgIpc) is 3.04. The molecule has 8 nitrogen and oxygen atoms in total. The van der Waals surface area contributed by atoms with Crippen molar-refractivity contribution in [2.24, 2.45) is 10.7 Å². The van der Waals surface area contributed by atoms with Crippen LogP contribution in [-0.2, 0) is 0 Å². The molecule has 2 aromatic rings. The van der Waals surface area contributed by atoms with Gasteiger partial charge in [-0.05, 0) is 39.1 Å². The molecule has 262 valence electrons. The van der Waals surface area contributed by atoms with Crippen molar-refractivity contribution >= 4 is 29.5 Å². The molecule has 1 amide bonds. The zero-order valence-corrected chi connectivity index (χ0v) is 32.5. The molecule has 0 saturated heterocycles. The maximum atomic E-state index is 12.6. The number of amides is 1. The normalized spacial score (nSPS) is 9.85. The van der Waals surface area contributed by atoms with E-state index in [9.17, 15) is 9.98 Å². The molecule has 0 bridgehead atoms. The van der Waals surface area contributed by atoms with Crippen molar-refractivity contribution in [2.75, 3.05) is 34.2 Å². The number of rotatable bonds is 11. The second kappa shape index (κ2) is 35.4. The van der Waals surface area contributed by atoms with E-state index >= 15 is 0 Å². The van der Waals surface area contributed by atoms with Gasteiger partial charge in [0.1, 0.15) is 0 Å². The first-order chi connectivity index (χ1) is 21.9. The smallest absolute Gasteiger partial charge is 0.251 e. The number of phenolic OH excluding ortho intramolecular Hbond substituents is 1. The van der Waals surface area contributed by atoms with Gasteiger partial charge < -0.3 is 26.2 Å². The number of aromatic hydroxyl groups is 1. The number of nitrogens with one attached hydrogen (secondary N) is 2. The van der Waals surface area contributed by atoms with Gasteiger partial charge in [0.25, 0.3) is 5.91 Å². The molecule has 2 aromatic carbocycles. The number of carbonyl (C=O) groups excluding carboxylic acids is 1. The molecular formula is C35H58FN5O3SXe. The Kier molecular flexibility index (Phi) is 38.8. The van der Waals surface area contributed by atoms with Crippen LogP contribution in [0.25, 0.3) is 5.70 Å². The quantitative estimate of drug-likeness (QED) is 0.0802. The van der Waals surface area contributed by atoms with Crippen LogP contribution in [-0.4, -0.2) is 61.9 Å². The van der Waals surface area contributed by atoms with Gasteiger partial charge in [-0.15, -0.1) is 0 Å². The average molecular weight is 779 g/mol. The van der Waals surface area contributed by atoms with Crippen LogP contribution in [0.3, 0.4) is 0 Å². The number of ether oxygens (including phenoxy) is 1. The van der Waals surface area contributed by atoms with Gasteiger partial charge in [0, 0.05) is 18.7 Å². The fourth-order valence-electron chi connectivity index (χ4n) is 2.73. The SMILES string of the molecule is C=CC=C.CC.CC.CC(=N/C(=C\N(C)C)c1ccc(C)cc1)[Xe]F.CNCCNC(=O)c1ccc(OC(C)C)c(O)c1.NC=S. The molecule has 0 unspecified atom stereocenters. The predicted molar refractivity (Wildman–Crippen MR) is 198 cm³/mol. The van der Waals surface area contributed by atoms with Crippen LogP contribution >= 0.6 is 12.2 Å². The molecule has 0 saturated carbocycles.